The van der Waals surface area contributed by atoms with Gasteiger partial charge in [0.25, 0.3) is 5.56 Å². The molecule has 2 aromatic heterocycles. The van der Waals surface area contributed by atoms with Crippen LogP contribution < -0.4 is 5.56 Å². The molecule has 4 nitrogen and oxygen atoms in total. The zero-order valence-corrected chi connectivity index (χ0v) is 13.3. The fourth-order valence-corrected chi connectivity index (χ4v) is 5.02. The molecule has 1 atom stereocenters. The first-order valence-electron chi connectivity index (χ1n) is 7.96. The first-order chi connectivity index (χ1) is 10.2. The van der Waals surface area contributed by atoms with Crippen LogP contribution in [-0.2, 0) is 19.4 Å². The minimum atomic E-state index is 0.0706. The molecule has 1 saturated heterocycles. The van der Waals surface area contributed by atoms with E-state index in [9.17, 15) is 4.79 Å². The first-order valence-corrected chi connectivity index (χ1v) is 8.78. The second-order valence-corrected chi connectivity index (χ2v) is 7.61. The van der Waals surface area contributed by atoms with Gasteiger partial charge in [0, 0.05) is 4.88 Å². The fraction of sp³-hybridized carbons (Fsp3) is 0.625. The largest absolute Gasteiger partial charge is 0.309 e. The van der Waals surface area contributed by atoms with Crippen molar-refractivity contribution >= 4 is 21.6 Å². The lowest BCUT2D eigenvalue weighted by Crippen LogP contribution is -2.22. The van der Waals surface area contributed by atoms with Crippen molar-refractivity contribution in [2.45, 2.75) is 45.6 Å². The van der Waals surface area contributed by atoms with Gasteiger partial charge in [0.1, 0.15) is 10.7 Å². The van der Waals surface area contributed by atoms with Crippen LogP contribution in [0.1, 0.15) is 42.5 Å². The maximum Gasteiger partial charge on any atom is 0.259 e. The van der Waals surface area contributed by atoms with Crippen molar-refractivity contribution in [3.8, 4) is 0 Å². The Balaban J connectivity index is 1.74. The van der Waals surface area contributed by atoms with E-state index in [0.717, 1.165) is 54.4 Å². The zero-order chi connectivity index (χ0) is 14.4. The Bertz CT molecular complexity index is 727. The van der Waals surface area contributed by atoms with E-state index in [-0.39, 0.29) is 5.56 Å². The van der Waals surface area contributed by atoms with Crippen LogP contribution in [0, 0.1) is 5.92 Å². The molecule has 4 rings (SSSR count). The Hall–Kier alpha value is -1.20. The number of thiophene rings is 1. The summed E-state index contributed by atoms with van der Waals surface area (Å²) < 4.78 is 0. The number of hydrogen-bond acceptors (Lipinski definition) is 4. The SMILES string of the molecule is C[C@@H]1CCc2c(sc3nc(CN4CCCC4)[nH]c(=O)c23)C1. The predicted molar refractivity (Wildman–Crippen MR) is 85.9 cm³/mol. The minimum absolute atomic E-state index is 0.0706. The fourth-order valence-electron chi connectivity index (χ4n) is 3.62. The lowest BCUT2D eigenvalue weighted by atomic mass is 9.89. The summed E-state index contributed by atoms with van der Waals surface area (Å²) in [7, 11) is 0. The second kappa shape index (κ2) is 5.21. The van der Waals surface area contributed by atoms with Crippen LogP contribution in [0.3, 0.4) is 0 Å². The Morgan fingerprint density at radius 1 is 1.38 bits per heavy atom. The third-order valence-electron chi connectivity index (χ3n) is 4.79. The highest BCUT2D eigenvalue weighted by Gasteiger charge is 2.23. The van der Waals surface area contributed by atoms with Gasteiger partial charge in [-0.2, -0.15) is 0 Å². The summed E-state index contributed by atoms with van der Waals surface area (Å²) >= 11 is 1.74. The van der Waals surface area contributed by atoms with E-state index < -0.39 is 0 Å². The van der Waals surface area contributed by atoms with Gasteiger partial charge in [-0.1, -0.05) is 6.92 Å². The molecular formula is C16H21N3OS. The van der Waals surface area contributed by atoms with Gasteiger partial charge < -0.3 is 4.98 Å². The summed E-state index contributed by atoms with van der Waals surface area (Å²) in [5.41, 5.74) is 1.34. The molecule has 1 N–H and O–H groups in total. The number of aromatic amines is 1. The molecule has 112 valence electrons. The molecule has 0 amide bonds. The van der Waals surface area contributed by atoms with E-state index >= 15 is 0 Å². The molecule has 21 heavy (non-hydrogen) atoms. The van der Waals surface area contributed by atoms with Crippen molar-refractivity contribution in [3.63, 3.8) is 0 Å². The number of nitrogens with zero attached hydrogens (tertiary/aromatic N) is 2. The summed E-state index contributed by atoms with van der Waals surface area (Å²) in [4.78, 5) is 25.0. The van der Waals surface area contributed by atoms with Crippen molar-refractivity contribution in [1.82, 2.24) is 14.9 Å². The third kappa shape index (κ3) is 2.42. The minimum Gasteiger partial charge on any atom is -0.309 e. The molecule has 1 aliphatic heterocycles. The van der Waals surface area contributed by atoms with E-state index in [0.29, 0.717) is 0 Å². The van der Waals surface area contributed by atoms with Crippen LogP contribution in [0.5, 0.6) is 0 Å². The number of nitrogens with one attached hydrogen (secondary N) is 1. The lowest BCUT2D eigenvalue weighted by molar-refractivity contribution is 0.322. The lowest BCUT2D eigenvalue weighted by Gasteiger charge is -2.17. The highest BCUT2D eigenvalue weighted by atomic mass is 32.1. The Morgan fingerprint density at radius 2 is 2.19 bits per heavy atom. The average Bonchev–Trinajstić information content (AvgIpc) is 3.05. The van der Waals surface area contributed by atoms with Gasteiger partial charge in [0.05, 0.1) is 11.9 Å². The van der Waals surface area contributed by atoms with E-state index in [1.165, 1.54) is 29.7 Å². The molecular weight excluding hydrogens is 282 g/mol. The first kappa shape index (κ1) is 13.5. The van der Waals surface area contributed by atoms with Crippen molar-refractivity contribution < 1.29 is 0 Å². The Morgan fingerprint density at radius 3 is 3.00 bits per heavy atom. The van der Waals surface area contributed by atoms with E-state index in [1.807, 2.05) is 0 Å². The van der Waals surface area contributed by atoms with Gasteiger partial charge in [-0.05, 0) is 56.7 Å². The van der Waals surface area contributed by atoms with E-state index in [4.69, 9.17) is 4.98 Å². The normalized spacial score (nSPS) is 22.8. The summed E-state index contributed by atoms with van der Waals surface area (Å²) in [5.74, 6) is 1.56. The van der Waals surface area contributed by atoms with Gasteiger partial charge in [-0.25, -0.2) is 4.98 Å². The molecule has 3 heterocycles. The molecule has 0 bridgehead atoms. The van der Waals surface area contributed by atoms with Crippen molar-refractivity contribution in [2.24, 2.45) is 5.92 Å². The second-order valence-electron chi connectivity index (χ2n) is 6.53. The molecule has 2 aliphatic rings. The standard InChI is InChI=1S/C16H21N3OS/c1-10-4-5-11-12(8-10)21-16-14(11)15(20)17-13(18-16)9-19-6-2-3-7-19/h10H,2-9H2,1H3,(H,17,18,20)/t10-/m1/s1. The smallest absolute Gasteiger partial charge is 0.259 e. The van der Waals surface area contributed by atoms with Gasteiger partial charge in [-0.3, -0.25) is 9.69 Å². The number of aryl methyl sites for hydroxylation is 1. The summed E-state index contributed by atoms with van der Waals surface area (Å²) in [6.45, 7) is 5.33. The van der Waals surface area contributed by atoms with E-state index in [1.54, 1.807) is 11.3 Å². The average molecular weight is 303 g/mol. The Labute approximate surface area is 128 Å². The molecule has 1 aliphatic carbocycles. The predicted octanol–water partition coefficient (Wildman–Crippen LogP) is 2.71. The molecule has 0 radical (unpaired) electrons. The molecule has 0 unspecified atom stereocenters. The highest BCUT2D eigenvalue weighted by Crippen LogP contribution is 2.35. The van der Waals surface area contributed by atoms with Crippen LogP contribution in [-0.4, -0.2) is 28.0 Å². The maximum absolute atomic E-state index is 12.5. The monoisotopic (exact) mass is 303 g/mol. The number of H-pyrrole nitrogens is 1. The van der Waals surface area contributed by atoms with Crippen LogP contribution in [0.25, 0.3) is 10.2 Å². The highest BCUT2D eigenvalue weighted by molar-refractivity contribution is 7.18. The van der Waals surface area contributed by atoms with Crippen molar-refractivity contribution in [3.05, 3.63) is 26.6 Å². The number of rotatable bonds is 2. The number of likely N-dealkylation sites (tertiary alicyclic amines) is 1. The van der Waals surface area contributed by atoms with Gasteiger partial charge in [0.15, 0.2) is 0 Å². The van der Waals surface area contributed by atoms with Gasteiger partial charge >= 0.3 is 0 Å². The maximum atomic E-state index is 12.5. The summed E-state index contributed by atoms with van der Waals surface area (Å²) in [6.07, 6.45) is 5.85. The quantitative estimate of drug-likeness (QED) is 0.928. The molecule has 5 heteroatoms. The number of hydrogen-bond donors (Lipinski definition) is 1. The van der Waals surface area contributed by atoms with Crippen LogP contribution >= 0.6 is 11.3 Å². The summed E-state index contributed by atoms with van der Waals surface area (Å²) in [6, 6.07) is 0. The van der Waals surface area contributed by atoms with Crippen LogP contribution in [0.2, 0.25) is 0 Å². The van der Waals surface area contributed by atoms with Gasteiger partial charge in [0.2, 0.25) is 0 Å². The molecule has 2 aromatic rings. The zero-order valence-electron chi connectivity index (χ0n) is 12.4. The molecule has 1 fully saturated rings. The summed E-state index contributed by atoms with van der Waals surface area (Å²) in [5, 5.41) is 0.868. The van der Waals surface area contributed by atoms with Crippen molar-refractivity contribution in [2.75, 3.05) is 13.1 Å². The Kier molecular flexibility index (Phi) is 3.34. The molecule has 0 spiro atoms. The third-order valence-corrected chi connectivity index (χ3v) is 5.93. The molecule has 0 saturated carbocycles. The van der Waals surface area contributed by atoms with E-state index in [2.05, 4.69) is 16.8 Å². The van der Waals surface area contributed by atoms with Crippen molar-refractivity contribution in [1.29, 1.82) is 0 Å². The molecule has 0 aromatic carbocycles. The topological polar surface area (TPSA) is 49.0 Å². The van der Waals surface area contributed by atoms with Crippen LogP contribution in [0.15, 0.2) is 4.79 Å². The number of fused-ring (bicyclic) bond motifs is 3. The van der Waals surface area contributed by atoms with Crippen LogP contribution in [0.4, 0.5) is 0 Å². The van der Waals surface area contributed by atoms with Gasteiger partial charge in [-0.15, -0.1) is 11.3 Å². The number of aromatic nitrogens is 2.